The molecular formula is C17H16ClN5O3. The number of hydrogen-bond acceptors (Lipinski definition) is 4. The summed E-state index contributed by atoms with van der Waals surface area (Å²) < 4.78 is 0. The molecule has 9 heteroatoms. The van der Waals surface area contributed by atoms with Gasteiger partial charge in [-0.05, 0) is 23.6 Å². The Morgan fingerprint density at radius 3 is 3.04 bits per heavy atom. The molecule has 3 aromatic rings. The van der Waals surface area contributed by atoms with Gasteiger partial charge in [0, 0.05) is 24.3 Å². The van der Waals surface area contributed by atoms with Gasteiger partial charge in [0.25, 0.3) is 0 Å². The van der Waals surface area contributed by atoms with Gasteiger partial charge in [0.2, 0.25) is 5.91 Å². The van der Waals surface area contributed by atoms with Crippen molar-refractivity contribution in [3.05, 3.63) is 46.6 Å². The van der Waals surface area contributed by atoms with E-state index in [2.05, 4.69) is 20.2 Å². The van der Waals surface area contributed by atoms with Crippen LogP contribution in [0.5, 0.6) is 0 Å². The Kier molecular flexibility index (Phi) is 4.12. The molecule has 0 radical (unpaired) electrons. The molecule has 0 saturated heterocycles. The largest absolute Gasteiger partial charge is 0.481 e. The lowest BCUT2D eigenvalue weighted by Crippen LogP contribution is -2.35. The fourth-order valence-corrected chi connectivity index (χ4v) is 3.78. The molecule has 0 spiro atoms. The van der Waals surface area contributed by atoms with Crippen molar-refractivity contribution in [2.45, 2.75) is 25.9 Å². The molecule has 134 valence electrons. The number of aromatic nitrogens is 4. The molecule has 26 heavy (non-hydrogen) atoms. The first-order valence-electron chi connectivity index (χ1n) is 8.15. The highest BCUT2D eigenvalue weighted by molar-refractivity contribution is 6.35. The molecule has 0 bridgehead atoms. The topological polar surface area (TPSA) is 115 Å². The van der Waals surface area contributed by atoms with Crippen molar-refractivity contribution in [1.29, 1.82) is 0 Å². The SMILES string of the molecule is O=C(O)CC1Cc2cc(Cl)c3[nH]ncc3c2CN(Cc2ncc[nH]2)C1=O. The standard InChI is InChI=1S/C17H16ClN5O3/c18-13-4-9-3-10(5-15(24)25)17(26)23(8-14-19-1-2-20-14)7-12(9)11-6-21-22-16(11)13/h1-2,4,6,10H,3,5,7-8H2,(H,19,20)(H,21,22)(H,24,25). The molecule has 8 nitrogen and oxygen atoms in total. The van der Waals surface area contributed by atoms with Crippen LogP contribution in [-0.2, 0) is 29.1 Å². The van der Waals surface area contributed by atoms with E-state index in [1.807, 2.05) is 0 Å². The minimum atomic E-state index is -1.000. The first-order chi connectivity index (χ1) is 12.5. The minimum absolute atomic E-state index is 0.201. The van der Waals surface area contributed by atoms with E-state index in [0.717, 1.165) is 16.5 Å². The van der Waals surface area contributed by atoms with E-state index in [9.17, 15) is 14.7 Å². The molecule has 0 fully saturated rings. The number of amides is 1. The number of hydrogen-bond donors (Lipinski definition) is 3. The Hall–Kier alpha value is -2.87. The van der Waals surface area contributed by atoms with Gasteiger partial charge >= 0.3 is 5.97 Å². The number of rotatable bonds is 4. The molecule has 1 aliphatic heterocycles. The van der Waals surface area contributed by atoms with Crippen LogP contribution in [0.3, 0.4) is 0 Å². The molecule has 1 amide bonds. The van der Waals surface area contributed by atoms with Crippen molar-refractivity contribution in [2.24, 2.45) is 5.92 Å². The summed E-state index contributed by atoms with van der Waals surface area (Å²) in [5.74, 6) is -1.20. The Bertz CT molecular complexity index is 982. The van der Waals surface area contributed by atoms with Crippen molar-refractivity contribution < 1.29 is 14.7 Å². The first-order valence-corrected chi connectivity index (χ1v) is 8.53. The summed E-state index contributed by atoms with van der Waals surface area (Å²) in [4.78, 5) is 33.1. The van der Waals surface area contributed by atoms with Gasteiger partial charge in [0.05, 0.1) is 35.6 Å². The lowest BCUT2D eigenvalue weighted by Gasteiger charge is -2.23. The number of halogens is 1. The molecule has 1 atom stereocenters. The summed E-state index contributed by atoms with van der Waals surface area (Å²) in [7, 11) is 0. The summed E-state index contributed by atoms with van der Waals surface area (Å²) in [6.45, 7) is 0.627. The number of aromatic amines is 2. The number of imidazole rings is 1. The second kappa shape index (κ2) is 6.45. The molecule has 1 aromatic carbocycles. The van der Waals surface area contributed by atoms with Gasteiger partial charge in [-0.1, -0.05) is 11.6 Å². The number of H-pyrrole nitrogens is 2. The van der Waals surface area contributed by atoms with Crippen LogP contribution in [0.25, 0.3) is 10.9 Å². The number of carboxylic acids is 1. The Morgan fingerprint density at radius 1 is 1.46 bits per heavy atom. The number of fused-ring (bicyclic) bond motifs is 3. The first kappa shape index (κ1) is 16.6. The smallest absolute Gasteiger partial charge is 0.304 e. The van der Waals surface area contributed by atoms with Crippen molar-refractivity contribution >= 4 is 34.4 Å². The highest BCUT2D eigenvalue weighted by Gasteiger charge is 2.33. The minimum Gasteiger partial charge on any atom is -0.481 e. The zero-order chi connectivity index (χ0) is 18.3. The van der Waals surface area contributed by atoms with E-state index >= 15 is 0 Å². The van der Waals surface area contributed by atoms with Crippen LogP contribution in [0.1, 0.15) is 23.4 Å². The second-order valence-electron chi connectivity index (χ2n) is 6.38. The highest BCUT2D eigenvalue weighted by atomic mass is 35.5. The second-order valence-corrected chi connectivity index (χ2v) is 6.79. The predicted octanol–water partition coefficient (Wildman–Crippen LogP) is 2.12. The molecule has 4 rings (SSSR count). The third-order valence-corrected chi connectivity index (χ3v) is 4.98. The lowest BCUT2D eigenvalue weighted by molar-refractivity contribution is -0.145. The molecule has 1 aliphatic rings. The monoisotopic (exact) mass is 373 g/mol. The quantitative estimate of drug-likeness (QED) is 0.648. The lowest BCUT2D eigenvalue weighted by atomic mass is 9.93. The Morgan fingerprint density at radius 2 is 2.31 bits per heavy atom. The number of benzene rings is 1. The Labute approximate surface area is 153 Å². The number of carboxylic acid groups (broad SMARTS) is 1. The molecular weight excluding hydrogens is 358 g/mol. The van der Waals surface area contributed by atoms with Crippen molar-refractivity contribution in [3.8, 4) is 0 Å². The number of carbonyl (C=O) groups excluding carboxylic acids is 1. The van der Waals surface area contributed by atoms with E-state index in [1.165, 1.54) is 0 Å². The summed E-state index contributed by atoms with van der Waals surface area (Å²) in [5, 5.41) is 17.5. The molecule has 0 aliphatic carbocycles. The Balaban J connectivity index is 1.80. The van der Waals surface area contributed by atoms with E-state index in [-0.39, 0.29) is 18.9 Å². The van der Waals surface area contributed by atoms with Gasteiger partial charge in [0.15, 0.2) is 0 Å². The normalized spacial score (nSPS) is 17.3. The maximum Gasteiger partial charge on any atom is 0.304 e. The van der Waals surface area contributed by atoms with Crippen molar-refractivity contribution in [3.63, 3.8) is 0 Å². The van der Waals surface area contributed by atoms with Crippen LogP contribution in [-0.4, -0.2) is 42.0 Å². The molecule has 1 unspecified atom stereocenters. The summed E-state index contributed by atoms with van der Waals surface area (Å²) >= 11 is 6.33. The summed E-state index contributed by atoms with van der Waals surface area (Å²) in [5.41, 5.74) is 2.53. The van der Waals surface area contributed by atoms with Crippen LogP contribution in [0.2, 0.25) is 5.02 Å². The molecule has 0 saturated carbocycles. The van der Waals surface area contributed by atoms with E-state index in [1.54, 1.807) is 29.6 Å². The molecule has 3 N–H and O–H groups in total. The van der Waals surface area contributed by atoms with Crippen molar-refractivity contribution in [2.75, 3.05) is 0 Å². The van der Waals surface area contributed by atoms with Gasteiger partial charge in [-0.3, -0.25) is 14.7 Å². The fourth-order valence-electron chi connectivity index (χ4n) is 3.50. The van der Waals surface area contributed by atoms with Gasteiger partial charge in [-0.2, -0.15) is 5.10 Å². The van der Waals surface area contributed by atoms with Gasteiger partial charge in [0.1, 0.15) is 5.82 Å². The van der Waals surface area contributed by atoms with Crippen molar-refractivity contribution in [1.82, 2.24) is 25.1 Å². The van der Waals surface area contributed by atoms with Crippen LogP contribution in [0, 0.1) is 5.92 Å². The number of nitrogens with one attached hydrogen (secondary N) is 2. The van der Waals surface area contributed by atoms with Crippen LogP contribution < -0.4 is 0 Å². The summed E-state index contributed by atoms with van der Waals surface area (Å²) in [6.07, 6.45) is 5.10. The van der Waals surface area contributed by atoms with E-state index in [0.29, 0.717) is 29.3 Å². The third kappa shape index (κ3) is 2.92. The van der Waals surface area contributed by atoms with Crippen LogP contribution in [0.4, 0.5) is 0 Å². The van der Waals surface area contributed by atoms with Gasteiger partial charge in [-0.15, -0.1) is 0 Å². The maximum atomic E-state index is 13.0. The van der Waals surface area contributed by atoms with Crippen LogP contribution in [0.15, 0.2) is 24.7 Å². The third-order valence-electron chi connectivity index (χ3n) is 4.68. The number of nitrogens with zero attached hydrogens (tertiary/aromatic N) is 3. The van der Waals surface area contributed by atoms with E-state index in [4.69, 9.17) is 11.6 Å². The summed E-state index contributed by atoms with van der Waals surface area (Å²) in [6, 6.07) is 1.80. The fraction of sp³-hybridized carbons (Fsp3) is 0.294. The zero-order valence-corrected chi connectivity index (χ0v) is 14.5. The van der Waals surface area contributed by atoms with E-state index < -0.39 is 11.9 Å². The average molecular weight is 374 g/mol. The van der Waals surface area contributed by atoms with Crippen LogP contribution >= 0.6 is 11.6 Å². The molecule has 2 aromatic heterocycles. The maximum absolute atomic E-state index is 13.0. The number of carbonyl (C=O) groups is 2. The van der Waals surface area contributed by atoms with Gasteiger partial charge < -0.3 is 15.0 Å². The highest BCUT2D eigenvalue weighted by Crippen LogP contribution is 2.34. The average Bonchev–Trinajstić information content (AvgIpc) is 3.25. The molecule has 3 heterocycles. The zero-order valence-electron chi connectivity index (χ0n) is 13.7. The number of aliphatic carboxylic acids is 1. The predicted molar refractivity (Wildman–Crippen MR) is 93.4 cm³/mol. The van der Waals surface area contributed by atoms with Gasteiger partial charge in [-0.25, -0.2) is 4.98 Å².